The highest BCUT2D eigenvalue weighted by atomic mass is 31.2. The Labute approximate surface area is 404 Å². The molecule has 65 heavy (non-hydrogen) atoms. The van der Waals surface area contributed by atoms with E-state index in [1.807, 2.05) is 27.2 Å². The minimum absolute atomic E-state index is 0.0633. The second-order valence-electron chi connectivity index (χ2n) is 20.7. The van der Waals surface area contributed by atoms with Crippen molar-refractivity contribution in [2.24, 2.45) is 0 Å². The number of nitrogens with one attached hydrogen (secondary N) is 1. The molecule has 0 saturated carbocycles. The van der Waals surface area contributed by atoms with Gasteiger partial charge in [0.05, 0.1) is 39.9 Å². The van der Waals surface area contributed by atoms with E-state index in [1.165, 1.54) is 218 Å². The van der Waals surface area contributed by atoms with Gasteiger partial charge in [0.25, 0.3) is 0 Å². The molecule has 0 saturated heterocycles. The molecule has 3 N–H and O–H groups in total. The van der Waals surface area contributed by atoms with Crippen molar-refractivity contribution in [2.75, 3.05) is 40.9 Å². The van der Waals surface area contributed by atoms with Gasteiger partial charge in [-0.25, -0.2) is 4.57 Å². The second kappa shape index (κ2) is 48.0. The number of amides is 1. The van der Waals surface area contributed by atoms with Gasteiger partial charge in [0, 0.05) is 6.42 Å². The largest absolute Gasteiger partial charge is 0.472 e. The van der Waals surface area contributed by atoms with E-state index in [2.05, 4.69) is 31.3 Å². The highest BCUT2D eigenvalue weighted by Crippen LogP contribution is 2.43. The highest BCUT2D eigenvalue weighted by Gasteiger charge is 2.27. The van der Waals surface area contributed by atoms with Crippen LogP contribution in [0.1, 0.15) is 277 Å². The monoisotopic (exact) mass is 940 g/mol. The molecule has 0 aliphatic heterocycles. The van der Waals surface area contributed by atoms with Crippen LogP contribution in [0.3, 0.4) is 0 Å². The van der Waals surface area contributed by atoms with Crippen molar-refractivity contribution < 1.29 is 32.9 Å². The summed E-state index contributed by atoms with van der Waals surface area (Å²) in [6, 6.07) is -0.842. The van der Waals surface area contributed by atoms with Crippen LogP contribution in [-0.4, -0.2) is 73.4 Å². The van der Waals surface area contributed by atoms with Crippen LogP contribution < -0.4 is 5.32 Å². The Morgan fingerprint density at radius 1 is 0.508 bits per heavy atom. The molecule has 8 nitrogen and oxygen atoms in total. The molecular weight excluding hydrogens is 828 g/mol. The van der Waals surface area contributed by atoms with Crippen molar-refractivity contribution >= 4 is 13.7 Å². The van der Waals surface area contributed by atoms with Crippen molar-refractivity contribution in [1.82, 2.24) is 5.32 Å². The zero-order valence-corrected chi connectivity index (χ0v) is 44.9. The van der Waals surface area contributed by atoms with Gasteiger partial charge in [-0.05, 0) is 44.9 Å². The molecule has 0 radical (unpaired) electrons. The maximum Gasteiger partial charge on any atom is 0.472 e. The molecule has 0 heterocycles. The molecule has 0 aliphatic rings. The van der Waals surface area contributed by atoms with Crippen molar-refractivity contribution in [3.05, 3.63) is 24.3 Å². The lowest BCUT2D eigenvalue weighted by Crippen LogP contribution is -2.45. The van der Waals surface area contributed by atoms with E-state index >= 15 is 0 Å². The number of likely N-dealkylation sites (N-methyl/N-ethyl adjacent to an activating group) is 1. The molecule has 3 unspecified atom stereocenters. The summed E-state index contributed by atoms with van der Waals surface area (Å²) in [6.07, 6.45) is 60.2. The zero-order chi connectivity index (χ0) is 47.8. The average molecular weight is 940 g/mol. The van der Waals surface area contributed by atoms with E-state index < -0.39 is 20.0 Å². The van der Waals surface area contributed by atoms with E-state index in [-0.39, 0.29) is 19.1 Å². The lowest BCUT2D eigenvalue weighted by atomic mass is 10.0. The predicted octanol–water partition coefficient (Wildman–Crippen LogP) is 16.8. The van der Waals surface area contributed by atoms with Gasteiger partial charge < -0.3 is 19.8 Å². The van der Waals surface area contributed by atoms with Crippen LogP contribution in [0.4, 0.5) is 0 Å². The zero-order valence-electron chi connectivity index (χ0n) is 44.0. The molecule has 0 aromatic rings. The minimum Gasteiger partial charge on any atom is -0.387 e. The summed E-state index contributed by atoms with van der Waals surface area (Å²) in [4.78, 5) is 23.2. The van der Waals surface area contributed by atoms with Crippen molar-refractivity contribution in [2.45, 2.75) is 289 Å². The Balaban J connectivity index is 3.92. The van der Waals surface area contributed by atoms with Crippen molar-refractivity contribution in [1.29, 1.82) is 0 Å². The third-order valence-corrected chi connectivity index (χ3v) is 13.9. The first-order chi connectivity index (χ1) is 31.5. The number of hydrogen-bond donors (Lipinski definition) is 3. The molecular formula is C56H112N2O6P+. The lowest BCUT2D eigenvalue weighted by molar-refractivity contribution is -0.870. The molecule has 0 bridgehead atoms. The fourth-order valence-corrected chi connectivity index (χ4v) is 9.19. The molecule has 0 aromatic heterocycles. The van der Waals surface area contributed by atoms with Crippen LogP contribution in [-0.2, 0) is 18.4 Å². The first-order valence-corrected chi connectivity index (χ1v) is 29.7. The number of allylic oxidation sites excluding steroid dienone is 3. The van der Waals surface area contributed by atoms with E-state index in [0.717, 1.165) is 38.5 Å². The van der Waals surface area contributed by atoms with Crippen LogP contribution in [0.2, 0.25) is 0 Å². The van der Waals surface area contributed by atoms with Gasteiger partial charge in [-0.3, -0.25) is 13.8 Å². The fourth-order valence-electron chi connectivity index (χ4n) is 8.45. The molecule has 0 rings (SSSR count). The van der Waals surface area contributed by atoms with Crippen LogP contribution in [0.25, 0.3) is 0 Å². The predicted molar refractivity (Wildman–Crippen MR) is 281 cm³/mol. The maximum atomic E-state index is 12.9. The van der Waals surface area contributed by atoms with E-state index in [4.69, 9.17) is 9.05 Å². The summed E-state index contributed by atoms with van der Waals surface area (Å²) in [5.41, 5.74) is 0. The normalized spacial score (nSPS) is 14.1. The van der Waals surface area contributed by atoms with Gasteiger partial charge in [-0.2, -0.15) is 0 Å². The topological polar surface area (TPSA) is 105 Å². The standard InChI is InChI=1S/C56H111N2O6P/c1-6-8-10-12-14-16-18-19-20-21-22-23-24-25-26-27-28-29-30-31-32-33-34-35-36-37-38-39-40-42-44-46-48-50-56(60)57-54(53-64-65(61,62)63-52-51-58(3,4)5)55(59)49-47-45-43-41-17-15-13-11-9-7-2/h25-26,47,49,54-55,59H,6-24,27-46,48,50-53H2,1-5H3,(H-,57,60,61,62)/p+1/b26-25-,49-47+. The summed E-state index contributed by atoms with van der Waals surface area (Å²) in [6.45, 7) is 4.82. The van der Waals surface area contributed by atoms with E-state index in [9.17, 15) is 19.4 Å². The number of hydrogen-bond acceptors (Lipinski definition) is 5. The first-order valence-electron chi connectivity index (χ1n) is 28.2. The van der Waals surface area contributed by atoms with E-state index in [0.29, 0.717) is 17.4 Å². The quantitative estimate of drug-likeness (QED) is 0.0243. The molecule has 386 valence electrons. The first kappa shape index (κ1) is 64.0. The third-order valence-electron chi connectivity index (χ3n) is 12.9. The molecule has 9 heteroatoms. The van der Waals surface area contributed by atoms with Crippen LogP contribution in [0, 0.1) is 0 Å². The smallest absolute Gasteiger partial charge is 0.387 e. The van der Waals surface area contributed by atoms with Gasteiger partial charge in [0.1, 0.15) is 13.2 Å². The number of aliphatic hydroxyl groups excluding tert-OH is 1. The van der Waals surface area contributed by atoms with Crippen LogP contribution >= 0.6 is 7.82 Å². The van der Waals surface area contributed by atoms with Crippen LogP contribution in [0.5, 0.6) is 0 Å². The summed E-state index contributed by atoms with van der Waals surface area (Å²) >= 11 is 0. The average Bonchev–Trinajstić information content (AvgIpc) is 3.26. The lowest BCUT2D eigenvalue weighted by Gasteiger charge is -2.25. The summed E-state index contributed by atoms with van der Waals surface area (Å²) in [7, 11) is 1.58. The Hall–Kier alpha value is -1.02. The number of phosphoric acid groups is 1. The van der Waals surface area contributed by atoms with Crippen molar-refractivity contribution in [3.63, 3.8) is 0 Å². The van der Waals surface area contributed by atoms with Crippen molar-refractivity contribution in [3.8, 4) is 0 Å². The maximum absolute atomic E-state index is 12.9. The van der Waals surface area contributed by atoms with Gasteiger partial charge in [-0.15, -0.1) is 0 Å². The Bertz CT molecular complexity index is 1110. The number of aliphatic hydroxyl groups is 1. The third kappa shape index (κ3) is 50.7. The molecule has 0 aromatic carbocycles. The fraction of sp³-hybridized carbons (Fsp3) is 0.911. The molecule has 0 aliphatic carbocycles. The minimum atomic E-state index is -4.33. The number of nitrogens with zero attached hydrogens (tertiary/aromatic N) is 1. The number of rotatable bonds is 52. The Morgan fingerprint density at radius 3 is 1.18 bits per heavy atom. The SMILES string of the molecule is CCCCCCCCCC/C=C/C(O)C(COP(=O)(O)OCC[N+](C)(C)C)NC(=O)CCCCCCCCCCCCCCCCCCC/C=C\CCCCCCCCCCCCCC. The Kier molecular flexibility index (Phi) is 47.3. The summed E-state index contributed by atoms with van der Waals surface area (Å²) < 4.78 is 23.6. The van der Waals surface area contributed by atoms with Gasteiger partial charge in [0.2, 0.25) is 5.91 Å². The second-order valence-corrected chi connectivity index (χ2v) is 22.1. The number of unbranched alkanes of at least 4 members (excludes halogenated alkanes) is 37. The summed E-state index contributed by atoms with van der Waals surface area (Å²) in [5.74, 6) is -0.175. The summed E-state index contributed by atoms with van der Waals surface area (Å²) in [5, 5.41) is 13.8. The van der Waals surface area contributed by atoms with Gasteiger partial charge in [-0.1, -0.05) is 250 Å². The van der Waals surface area contributed by atoms with E-state index in [1.54, 1.807) is 6.08 Å². The number of carbonyl (C=O) groups excluding carboxylic acids is 1. The van der Waals surface area contributed by atoms with Gasteiger partial charge >= 0.3 is 7.82 Å². The highest BCUT2D eigenvalue weighted by molar-refractivity contribution is 7.47. The molecule has 0 spiro atoms. The number of carbonyl (C=O) groups is 1. The van der Waals surface area contributed by atoms with Gasteiger partial charge in [0.15, 0.2) is 0 Å². The van der Waals surface area contributed by atoms with Crippen LogP contribution in [0.15, 0.2) is 24.3 Å². The number of phosphoric ester groups is 1. The number of quaternary nitrogens is 1. The molecule has 3 atom stereocenters. The Morgan fingerprint density at radius 2 is 0.831 bits per heavy atom. The molecule has 1 amide bonds. The molecule has 0 fully saturated rings.